The van der Waals surface area contributed by atoms with Gasteiger partial charge in [-0.2, -0.15) is 17.4 Å². The maximum atomic E-state index is 12.3. The third kappa shape index (κ3) is 3.73. The highest BCUT2D eigenvalue weighted by Crippen LogP contribution is 2.14. The lowest BCUT2D eigenvalue weighted by Crippen LogP contribution is -2.37. The van der Waals surface area contributed by atoms with E-state index in [4.69, 9.17) is 0 Å². The number of hydrogen-bond acceptors (Lipinski definition) is 5. The Balaban J connectivity index is 1.67. The van der Waals surface area contributed by atoms with E-state index in [0.717, 1.165) is 11.1 Å². The van der Waals surface area contributed by atoms with E-state index in [0.29, 0.717) is 11.0 Å². The Labute approximate surface area is 134 Å². The number of nitrogens with zero attached hydrogens (tertiary/aromatic N) is 3. The fourth-order valence-electron chi connectivity index (χ4n) is 2.15. The van der Waals surface area contributed by atoms with Crippen LogP contribution in [0.2, 0.25) is 0 Å². The molecular weight excluding hydrogens is 316 g/mol. The minimum Gasteiger partial charge on any atom is -0.243 e. The van der Waals surface area contributed by atoms with Gasteiger partial charge in [0.25, 0.3) is 10.2 Å². The molecule has 0 amide bonds. The number of nitrogens with one attached hydrogen (secondary N) is 1. The van der Waals surface area contributed by atoms with E-state index in [1.54, 1.807) is 18.2 Å². The van der Waals surface area contributed by atoms with Crippen molar-refractivity contribution in [3.8, 4) is 0 Å². The van der Waals surface area contributed by atoms with Gasteiger partial charge in [-0.25, -0.2) is 4.63 Å². The summed E-state index contributed by atoms with van der Waals surface area (Å²) in [6.45, 7) is 0.479. The van der Waals surface area contributed by atoms with Gasteiger partial charge in [0.1, 0.15) is 11.0 Å². The molecule has 1 aromatic heterocycles. The lowest BCUT2D eigenvalue weighted by molar-refractivity contribution is 0.315. The highest BCUT2D eigenvalue weighted by Gasteiger charge is 2.17. The van der Waals surface area contributed by atoms with Crippen molar-refractivity contribution in [1.29, 1.82) is 0 Å². The molecule has 3 aromatic rings. The van der Waals surface area contributed by atoms with Crippen molar-refractivity contribution in [2.45, 2.75) is 13.1 Å². The van der Waals surface area contributed by atoms with Gasteiger partial charge in [0.05, 0.1) is 0 Å². The van der Waals surface area contributed by atoms with Crippen molar-refractivity contribution in [2.75, 3.05) is 7.05 Å². The van der Waals surface area contributed by atoms with Gasteiger partial charge in [0, 0.05) is 20.1 Å². The summed E-state index contributed by atoms with van der Waals surface area (Å²) in [4.78, 5) is 0. The van der Waals surface area contributed by atoms with E-state index in [9.17, 15) is 8.42 Å². The van der Waals surface area contributed by atoms with Gasteiger partial charge < -0.3 is 0 Å². The zero-order chi connectivity index (χ0) is 16.3. The summed E-state index contributed by atoms with van der Waals surface area (Å²) in [6.07, 6.45) is 0. The molecule has 0 spiro atoms. The molecule has 0 fully saturated rings. The molecule has 0 bridgehead atoms. The second-order valence-electron chi connectivity index (χ2n) is 5.16. The molecule has 120 valence electrons. The van der Waals surface area contributed by atoms with Crippen molar-refractivity contribution in [2.24, 2.45) is 0 Å². The molecule has 0 atom stereocenters. The first-order valence-electron chi connectivity index (χ1n) is 7.01. The van der Waals surface area contributed by atoms with Crippen LogP contribution < -0.4 is 4.72 Å². The third-order valence-electron chi connectivity index (χ3n) is 3.44. The highest BCUT2D eigenvalue weighted by molar-refractivity contribution is 7.87. The minimum atomic E-state index is -3.57. The first-order valence-corrected chi connectivity index (χ1v) is 8.45. The van der Waals surface area contributed by atoms with Crippen molar-refractivity contribution >= 4 is 21.2 Å². The summed E-state index contributed by atoms with van der Waals surface area (Å²) < 4.78 is 33.0. The highest BCUT2D eigenvalue weighted by atomic mass is 32.2. The topological polar surface area (TPSA) is 88.3 Å². The Morgan fingerprint density at radius 3 is 2.57 bits per heavy atom. The first kappa shape index (κ1) is 15.6. The van der Waals surface area contributed by atoms with E-state index in [2.05, 4.69) is 19.7 Å². The van der Waals surface area contributed by atoms with Crippen LogP contribution in [0, 0.1) is 0 Å². The summed E-state index contributed by atoms with van der Waals surface area (Å²) in [5.74, 6) is 0. The zero-order valence-corrected chi connectivity index (χ0v) is 13.3. The molecule has 1 N–H and O–H groups in total. The normalized spacial score (nSPS) is 12.1. The molecule has 0 saturated carbocycles. The molecule has 23 heavy (non-hydrogen) atoms. The van der Waals surface area contributed by atoms with Crippen LogP contribution in [0.4, 0.5) is 0 Å². The van der Waals surface area contributed by atoms with E-state index >= 15 is 0 Å². The van der Waals surface area contributed by atoms with Crippen LogP contribution in [0.15, 0.2) is 53.2 Å². The number of rotatable bonds is 6. The maximum Gasteiger partial charge on any atom is 0.279 e. The van der Waals surface area contributed by atoms with Gasteiger partial charge in [-0.05, 0) is 33.6 Å². The van der Waals surface area contributed by atoms with Crippen LogP contribution in [-0.2, 0) is 23.3 Å². The summed E-state index contributed by atoms with van der Waals surface area (Å²) in [6, 6.07) is 14.7. The fourth-order valence-corrected chi connectivity index (χ4v) is 3.04. The molecule has 3 rings (SSSR count). The van der Waals surface area contributed by atoms with Gasteiger partial charge in [0.15, 0.2) is 0 Å². The van der Waals surface area contributed by atoms with Gasteiger partial charge in [-0.15, -0.1) is 0 Å². The van der Waals surface area contributed by atoms with Crippen LogP contribution in [-0.4, -0.2) is 30.1 Å². The largest absolute Gasteiger partial charge is 0.279 e. The monoisotopic (exact) mass is 332 g/mol. The molecule has 8 heteroatoms. The fraction of sp³-hybridized carbons (Fsp3) is 0.200. The average Bonchev–Trinajstić information content (AvgIpc) is 3.01. The number of hydrogen-bond donors (Lipinski definition) is 1. The van der Waals surface area contributed by atoms with Gasteiger partial charge in [-0.3, -0.25) is 0 Å². The molecule has 2 aromatic carbocycles. The Morgan fingerprint density at radius 1 is 1.04 bits per heavy atom. The minimum absolute atomic E-state index is 0.229. The Kier molecular flexibility index (Phi) is 4.37. The quantitative estimate of drug-likeness (QED) is 0.742. The zero-order valence-electron chi connectivity index (χ0n) is 12.5. The summed E-state index contributed by atoms with van der Waals surface area (Å²) >= 11 is 0. The lowest BCUT2D eigenvalue weighted by atomic mass is 10.2. The molecule has 0 aliphatic heterocycles. The van der Waals surface area contributed by atoms with Crippen molar-refractivity contribution in [3.05, 3.63) is 59.7 Å². The van der Waals surface area contributed by atoms with Gasteiger partial charge in [-0.1, -0.05) is 36.4 Å². The van der Waals surface area contributed by atoms with Gasteiger partial charge in [0.2, 0.25) is 0 Å². The Hall–Kier alpha value is -2.29. The Morgan fingerprint density at radius 2 is 1.78 bits per heavy atom. The van der Waals surface area contributed by atoms with Crippen molar-refractivity contribution in [3.63, 3.8) is 0 Å². The molecule has 0 radical (unpaired) electrons. The molecule has 0 aliphatic rings. The van der Waals surface area contributed by atoms with Crippen molar-refractivity contribution < 1.29 is 13.0 Å². The SMILES string of the molecule is CN(Cc1ccc2nonc2c1)S(=O)(=O)NCc1ccccc1. The van der Waals surface area contributed by atoms with E-state index in [1.165, 1.54) is 11.4 Å². The van der Waals surface area contributed by atoms with Crippen molar-refractivity contribution in [1.82, 2.24) is 19.3 Å². The summed E-state index contributed by atoms with van der Waals surface area (Å²) in [7, 11) is -2.05. The molecule has 1 heterocycles. The first-order chi connectivity index (χ1) is 11.0. The molecular formula is C15H16N4O3S. The summed E-state index contributed by atoms with van der Waals surface area (Å²) in [5.41, 5.74) is 2.95. The van der Waals surface area contributed by atoms with E-state index in [1.807, 2.05) is 30.3 Å². The maximum absolute atomic E-state index is 12.3. The number of aromatic nitrogens is 2. The molecule has 0 aliphatic carbocycles. The third-order valence-corrected chi connectivity index (χ3v) is 4.89. The van der Waals surface area contributed by atoms with Crippen LogP contribution in [0.1, 0.15) is 11.1 Å². The second kappa shape index (κ2) is 6.45. The standard InChI is InChI=1S/C15H16N4O3S/c1-19(11-13-7-8-14-15(9-13)18-22-17-14)23(20,21)16-10-12-5-3-2-4-6-12/h2-9,16H,10-11H2,1H3. The molecule has 0 saturated heterocycles. The predicted octanol–water partition coefficient (Wildman–Crippen LogP) is 1.69. The van der Waals surface area contributed by atoms with E-state index < -0.39 is 10.2 Å². The van der Waals surface area contributed by atoms with E-state index in [-0.39, 0.29) is 13.1 Å². The molecule has 0 unspecified atom stereocenters. The van der Waals surface area contributed by atoms with Crippen LogP contribution in [0.25, 0.3) is 11.0 Å². The Bertz CT molecular complexity index is 893. The number of benzene rings is 2. The average molecular weight is 332 g/mol. The predicted molar refractivity (Wildman–Crippen MR) is 85.5 cm³/mol. The van der Waals surface area contributed by atoms with Crippen LogP contribution >= 0.6 is 0 Å². The van der Waals surface area contributed by atoms with Crippen LogP contribution in [0.3, 0.4) is 0 Å². The summed E-state index contributed by atoms with van der Waals surface area (Å²) in [5, 5.41) is 7.48. The smallest absolute Gasteiger partial charge is 0.243 e. The lowest BCUT2D eigenvalue weighted by Gasteiger charge is -2.17. The number of fused-ring (bicyclic) bond motifs is 1. The van der Waals surface area contributed by atoms with Crippen LogP contribution in [0.5, 0.6) is 0 Å². The van der Waals surface area contributed by atoms with Gasteiger partial charge >= 0.3 is 0 Å². The molecule has 7 nitrogen and oxygen atoms in total. The second-order valence-corrected chi connectivity index (χ2v) is 7.02.